The molecule has 0 radical (unpaired) electrons. The summed E-state index contributed by atoms with van der Waals surface area (Å²) in [4.78, 5) is 12.7. The van der Waals surface area contributed by atoms with Crippen LogP contribution >= 0.6 is 11.3 Å². The lowest BCUT2D eigenvalue weighted by Crippen LogP contribution is -2.02. The average Bonchev–Trinajstić information content (AvgIpc) is 2.62. The lowest BCUT2D eigenvalue weighted by Gasteiger charge is -2.08. The Labute approximate surface area is 150 Å². The molecule has 0 bridgehead atoms. The number of rotatable bonds is 6. The minimum atomic E-state index is 0.00843. The Balaban J connectivity index is 1.99. The van der Waals surface area contributed by atoms with Crippen molar-refractivity contribution in [1.82, 2.24) is 0 Å². The summed E-state index contributed by atoms with van der Waals surface area (Å²) >= 11 is 1.53. The molecule has 0 aliphatic heterocycles. The molecule has 0 unspecified atom stereocenters. The maximum absolute atomic E-state index is 12.7. The molecule has 0 atom stereocenters. The van der Waals surface area contributed by atoms with E-state index in [2.05, 4.69) is 11.8 Å². The minimum Gasteiger partial charge on any atom is -0.493 e. The molecule has 0 fully saturated rings. The molecule has 1 aromatic heterocycles. The summed E-state index contributed by atoms with van der Waals surface area (Å²) in [5, 5.41) is 1.37. The van der Waals surface area contributed by atoms with E-state index in [0.717, 1.165) is 9.40 Å². The van der Waals surface area contributed by atoms with Crippen molar-refractivity contribution in [2.24, 2.45) is 0 Å². The summed E-state index contributed by atoms with van der Waals surface area (Å²) in [6, 6.07) is 11.0. The molecule has 4 heteroatoms. The van der Waals surface area contributed by atoms with Crippen molar-refractivity contribution >= 4 is 31.5 Å². The highest BCUT2D eigenvalue weighted by Crippen LogP contribution is 2.30. The van der Waals surface area contributed by atoms with Gasteiger partial charge in [0.15, 0.2) is 5.43 Å². The van der Waals surface area contributed by atoms with Crippen LogP contribution in [0.25, 0.3) is 20.2 Å². The van der Waals surface area contributed by atoms with Crippen LogP contribution in [-0.4, -0.2) is 13.2 Å². The summed E-state index contributed by atoms with van der Waals surface area (Å²) in [7, 11) is 0. The molecule has 3 aromatic rings. The number of hydrogen-bond acceptors (Lipinski definition) is 4. The van der Waals surface area contributed by atoms with Crippen molar-refractivity contribution in [3.63, 3.8) is 0 Å². The highest BCUT2D eigenvalue weighted by atomic mass is 32.1. The van der Waals surface area contributed by atoms with E-state index >= 15 is 0 Å². The summed E-state index contributed by atoms with van der Waals surface area (Å²) < 4.78 is 13.0. The number of terminal acetylenes is 2. The first-order valence-electron chi connectivity index (χ1n) is 7.86. The van der Waals surface area contributed by atoms with Crippen LogP contribution < -0.4 is 14.9 Å². The van der Waals surface area contributed by atoms with Gasteiger partial charge in [0.05, 0.1) is 13.2 Å². The van der Waals surface area contributed by atoms with Crippen molar-refractivity contribution in [2.45, 2.75) is 12.8 Å². The fraction of sp³-hybridized carbons (Fsp3) is 0.190. The third-order valence-electron chi connectivity index (χ3n) is 3.65. The van der Waals surface area contributed by atoms with Crippen LogP contribution in [0.15, 0.2) is 41.2 Å². The van der Waals surface area contributed by atoms with Crippen molar-refractivity contribution in [2.75, 3.05) is 13.2 Å². The lowest BCUT2D eigenvalue weighted by atomic mass is 10.2. The highest BCUT2D eigenvalue weighted by molar-refractivity contribution is 7.24. The molecular formula is C21H16O3S. The second-order valence-corrected chi connectivity index (χ2v) is 6.44. The summed E-state index contributed by atoms with van der Waals surface area (Å²) in [6.07, 6.45) is 11.6. The van der Waals surface area contributed by atoms with Crippen LogP contribution in [0, 0.1) is 24.7 Å². The van der Waals surface area contributed by atoms with Gasteiger partial charge < -0.3 is 9.47 Å². The lowest BCUT2D eigenvalue weighted by molar-refractivity contribution is 0.327. The van der Waals surface area contributed by atoms with E-state index in [1.165, 1.54) is 11.3 Å². The SMILES string of the molecule is C#CCCOc1ccc2c(=O)c3ccc(OCCC#C)cc3sc2c1. The Morgan fingerprint density at radius 2 is 1.32 bits per heavy atom. The van der Waals surface area contributed by atoms with E-state index in [1.54, 1.807) is 24.3 Å². The maximum Gasteiger partial charge on any atom is 0.195 e. The van der Waals surface area contributed by atoms with E-state index in [4.69, 9.17) is 22.3 Å². The largest absolute Gasteiger partial charge is 0.493 e. The molecule has 0 aliphatic rings. The van der Waals surface area contributed by atoms with Crippen molar-refractivity contribution in [3.05, 3.63) is 46.6 Å². The molecule has 1 heterocycles. The zero-order valence-corrected chi connectivity index (χ0v) is 14.4. The van der Waals surface area contributed by atoms with Gasteiger partial charge in [-0.1, -0.05) is 0 Å². The number of fused-ring (bicyclic) bond motifs is 2. The van der Waals surface area contributed by atoms with E-state index in [9.17, 15) is 4.79 Å². The normalized spacial score (nSPS) is 10.3. The highest BCUT2D eigenvalue weighted by Gasteiger charge is 2.08. The topological polar surface area (TPSA) is 35.5 Å². The molecule has 2 aromatic carbocycles. The standard InChI is InChI=1S/C21H16O3S/c1-3-5-11-23-15-7-9-17-19(13-15)25-20-14-16(24-12-6-4-2)8-10-18(20)21(17)22/h1-2,7-10,13-14H,5-6,11-12H2. The van der Waals surface area contributed by atoms with Crippen LogP contribution in [0.1, 0.15) is 12.8 Å². The molecule has 0 aliphatic carbocycles. The zero-order chi connectivity index (χ0) is 17.6. The Kier molecular flexibility index (Phi) is 5.23. The van der Waals surface area contributed by atoms with Crippen LogP contribution in [-0.2, 0) is 0 Å². The summed E-state index contributed by atoms with van der Waals surface area (Å²) in [5.74, 6) is 6.49. The average molecular weight is 348 g/mol. The van der Waals surface area contributed by atoms with Gasteiger partial charge in [0.25, 0.3) is 0 Å². The Morgan fingerprint density at radius 1 is 0.840 bits per heavy atom. The molecule has 0 saturated carbocycles. The summed E-state index contributed by atoms with van der Waals surface area (Å²) in [5.41, 5.74) is 0.00843. The molecule has 0 N–H and O–H groups in total. The fourth-order valence-corrected chi connectivity index (χ4v) is 3.58. The number of benzene rings is 2. The first-order valence-corrected chi connectivity index (χ1v) is 8.67. The van der Waals surface area contributed by atoms with Crippen LogP contribution in [0.4, 0.5) is 0 Å². The van der Waals surface area contributed by atoms with Crippen molar-refractivity contribution < 1.29 is 9.47 Å². The molecule has 25 heavy (non-hydrogen) atoms. The minimum absolute atomic E-state index is 0.00843. The monoisotopic (exact) mass is 348 g/mol. The molecule has 0 amide bonds. The van der Waals surface area contributed by atoms with Gasteiger partial charge >= 0.3 is 0 Å². The second-order valence-electron chi connectivity index (χ2n) is 5.35. The van der Waals surface area contributed by atoms with Crippen molar-refractivity contribution in [1.29, 1.82) is 0 Å². The quantitative estimate of drug-likeness (QED) is 0.380. The predicted molar refractivity (Wildman–Crippen MR) is 103 cm³/mol. The molecule has 0 spiro atoms. The molecular weight excluding hydrogens is 332 g/mol. The first-order chi connectivity index (χ1) is 12.2. The van der Waals surface area contributed by atoms with E-state index in [0.29, 0.717) is 48.3 Å². The van der Waals surface area contributed by atoms with Crippen molar-refractivity contribution in [3.8, 4) is 36.2 Å². The van der Waals surface area contributed by atoms with Gasteiger partial charge in [-0.2, -0.15) is 0 Å². The van der Waals surface area contributed by atoms with Gasteiger partial charge in [-0.15, -0.1) is 36.0 Å². The molecule has 3 nitrogen and oxygen atoms in total. The van der Waals surface area contributed by atoms with E-state index < -0.39 is 0 Å². The van der Waals surface area contributed by atoms with Gasteiger partial charge in [-0.05, 0) is 36.4 Å². The van der Waals surface area contributed by atoms with Gasteiger partial charge in [0.2, 0.25) is 0 Å². The molecule has 124 valence electrons. The Bertz CT molecular complexity index is 970. The number of ether oxygens (including phenoxy) is 2. The third kappa shape index (κ3) is 3.76. The van der Waals surface area contributed by atoms with Gasteiger partial charge in [0, 0.05) is 33.0 Å². The Hall–Kier alpha value is -2.95. The first kappa shape index (κ1) is 16.9. The smallest absolute Gasteiger partial charge is 0.195 e. The van der Waals surface area contributed by atoms with Crippen LogP contribution in [0.5, 0.6) is 11.5 Å². The zero-order valence-electron chi connectivity index (χ0n) is 13.6. The number of hydrogen-bond donors (Lipinski definition) is 0. The predicted octanol–water partition coefficient (Wildman–Crippen LogP) is 4.22. The maximum atomic E-state index is 12.7. The van der Waals surface area contributed by atoms with Gasteiger partial charge in [-0.3, -0.25) is 4.79 Å². The Morgan fingerprint density at radius 3 is 1.76 bits per heavy atom. The van der Waals surface area contributed by atoms with E-state index in [1.807, 2.05) is 12.1 Å². The summed E-state index contributed by atoms with van der Waals surface area (Å²) in [6.45, 7) is 0.912. The van der Waals surface area contributed by atoms with Gasteiger partial charge in [-0.25, -0.2) is 0 Å². The molecule has 0 saturated heterocycles. The fourth-order valence-electron chi connectivity index (χ4n) is 2.45. The molecule has 3 rings (SSSR count). The van der Waals surface area contributed by atoms with Crippen LogP contribution in [0.3, 0.4) is 0 Å². The van der Waals surface area contributed by atoms with Gasteiger partial charge in [0.1, 0.15) is 11.5 Å². The van der Waals surface area contributed by atoms with Crippen LogP contribution in [0.2, 0.25) is 0 Å². The second kappa shape index (κ2) is 7.75. The third-order valence-corrected chi connectivity index (χ3v) is 4.76. The van der Waals surface area contributed by atoms with E-state index in [-0.39, 0.29) is 5.43 Å².